The van der Waals surface area contributed by atoms with Gasteiger partial charge in [-0.3, -0.25) is 0 Å². The highest BCUT2D eigenvalue weighted by Crippen LogP contribution is 2.23. The Morgan fingerprint density at radius 1 is 1.00 bits per heavy atom. The SMILES string of the molecule is CC1(C)C=CC(O)=C(O)C=C1. The normalized spacial score (nSPS) is 22.0. The van der Waals surface area contributed by atoms with Crippen LogP contribution >= 0.6 is 0 Å². The predicted molar refractivity (Wildman–Crippen MR) is 44.3 cm³/mol. The van der Waals surface area contributed by atoms with Gasteiger partial charge in [0.05, 0.1) is 0 Å². The first-order valence-corrected chi connectivity index (χ1v) is 3.52. The molecule has 0 spiro atoms. The van der Waals surface area contributed by atoms with Crippen molar-refractivity contribution >= 4 is 0 Å². The lowest BCUT2D eigenvalue weighted by molar-refractivity contribution is 0.352. The Hall–Kier alpha value is -1.18. The summed E-state index contributed by atoms with van der Waals surface area (Å²) in [7, 11) is 0. The second-order valence-electron chi connectivity index (χ2n) is 3.26. The zero-order valence-corrected chi connectivity index (χ0v) is 6.70. The van der Waals surface area contributed by atoms with Gasteiger partial charge in [-0.25, -0.2) is 0 Å². The fourth-order valence-corrected chi connectivity index (χ4v) is 0.814. The largest absolute Gasteiger partial charge is 0.504 e. The van der Waals surface area contributed by atoms with Crippen LogP contribution in [0.1, 0.15) is 13.8 Å². The molecule has 0 fully saturated rings. The summed E-state index contributed by atoms with van der Waals surface area (Å²) in [6.07, 6.45) is 6.69. The third-order valence-electron chi connectivity index (χ3n) is 1.60. The summed E-state index contributed by atoms with van der Waals surface area (Å²) in [6, 6.07) is 0. The van der Waals surface area contributed by atoms with Gasteiger partial charge in [-0.15, -0.1) is 0 Å². The molecule has 60 valence electrons. The molecule has 2 N–H and O–H groups in total. The highest BCUT2D eigenvalue weighted by Gasteiger charge is 2.12. The van der Waals surface area contributed by atoms with Crippen LogP contribution in [-0.4, -0.2) is 10.2 Å². The molecular weight excluding hydrogens is 140 g/mol. The van der Waals surface area contributed by atoms with Gasteiger partial charge in [0.2, 0.25) is 0 Å². The number of hydrogen-bond donors (Lipinski definition) is 2. The Morgan fingerprint density at radius 3 is 1.73 bits per heavy atom. The van der Waals surface area contributed by atoms with Crippen LogP contribution in [0.25, 0.3) is 0 Å². The van der Waals surface area contributed by atoms with Gasteiger partial charge in [-0.1, -0.05) is 26.0 Å². The van der Waals surface area contributed by atoms with Crippen molar-refractivity contribution in [3.63, 3.8) is 0 Å². The molecule has 0 heterocycles. The third-order valence-corrected chi connectivity index (χ3v) is 1.60. The van der Waals surface area contributed by atoms with Crippen LogP contribution in [0.5, 0.6) is 0 Å². The molecule has 0 amide bonds. The van der Waals surface area contributed by atoms with Gasteiger partial charge < -0.3 is 10.2 Å². The van der Waals surface area contributed by atoms with Gasteiger partial charge in [-0.05, 0) is 12.2 Å². The second kappa shape index (κ2) is 2.46. The van der Waals surface area contributed by atoms with E-state index in [-0.39, 0.29) is 16.9 Å². The third kappa shape index (κ3) is 1.87. The van der Waals surface area contributed by atoms with E-state index in [1.54, 1.807) is 0 Å². The summed E-state index contributed by atoms with van der Waals surface area (Å²) in [5, 5.41) is 18.2. The van der Waals surface area contributed by atoms with Crippen LogP contribution in [0.3, 0.4) is 0 Å². The lowest BCUT2D eigenvalue weighted by Crippen LogP contribution is -2.00. The summed E-state index contributed by atoms with van der Waals surface area (Å²) < 4.78 is 0. The molecule has 1 rings (SSSR count). The van der Waals surface area contributed by atoms with Crippen molar-refractivity contribution in [3.8, 4) is 0 Å². The molecule has 0 aromatic rings. The highest BCUT2D eigenvalue weighted by molar-refractivity contribution is 5.30. The van der Waals surface area contributed by atoms with Crippen molar-refractivity contribution in [1.29, 1.82) is 0 Å². The molecule has 11 heavy (non-hydrogen) atoms. The minimum Gasteiger partial charge on any atom is -0.504 e. The molecule has 2 nitrogen and oxygen atoms in total. The average Bonchev–Trinajstić information content (AvgIpc) is 2.03. The number of aliphatic hydroxyl groups is 2. The number of aliphatic hydroxyl groups excluding tert-OH is 2. The fraction of sp³-hybridized carbons (Fsp3) is 0.333. The number of allylic oxidation sites excluding steroid dienone is 4. The summed E-state index contributed by atoms with van der Waals surface area (Å²) >= 11 is 0. The first-order valence-electron chi connectivity index (χ1n) is 3.52. The minimum atomic E-state index is -0.0987. The summed E-state index contributed by atoms with van der Waals surface area (Å²) in [5.41, 5.74) is -0.0987. The molecule has 0 aromatic carbocycles. The van der Waals surface area contributed by atoms with Crippen LogP contribution in [0.4, 0.5) is 0 Å². The van der Waals surface area contributed by atoms with Crippen LogP contribution in [0.15, 0.2) is 35.8 Å². The molecule has 0 saturated carbocycles. The molecule has 0 atom stereocenters. The minimum absolute atomic E-state index is 0.0770. The van der Waals surface area contributed by atoms with Crippen LogP contribution in [0, 0.1) is 5.41 Å². The molecule has 0 radical (unpaired) electrons. The van der Waals surface area contributed by atoms with Gasteiger partial charge in [0.1, 0.15) is 0 Å². The Bertz CT molecular complexity index is 220. The van der Waals surface area contributed by atoms with Crippen molar-refractivity contribution in [2.75, 3.05) is 0 Å². The predicted octanol–water partition coefficient (Wildman–Crippen LogP) is 2.47. The highest BCUT2D eigenvalue weighted by atomic mass is 16.3. The smallest absolute Gasteiger partial charge is 0.157 e. The molecule has 0 aromatic heterocycles. The van der Waals surface area contributed by atoms with E-state index >= 15 is 0 Å². The molecule has 2 heteroatoms. The topological polar surface area (TPSA) is 40.5 Å². The monoisotopic (exact) mass is 152 g/mol. The van der Waals surface area contributed by atoms with Crippen LogP contribution in [0.2, 0.25) is 0 Å². The Morgan fingerprint density at radius 2 is 1.36 bits per heavy atom. The van der Waals surface area contributed by atoms with E-state index < -0.39 is 0 Å². The van der Waals surface area contributed by atoms with Crippen molar-refractivity contribution in [2.24, 2.45) is 5.41 Å². The van der Waals surface area contributed by atoms with E-state index in [2.05, 4.69) is 0 Å². The maximum atomic E-state index is 9.08. The average molecular weight is 152 g/mol. The summed E-state index contributed by atoms with van der Waals surface area (Å²) in [5.74, 6) is -0.154. The van der Waals surface area contributed by atoms with Gasteiger partial charge >= 0.3 is 0 Å². The fourth-order valence-electron chi connectivity index (χ4n) is 0.814. The molecule has 0 bridgehead atoms. The van der Waals surface area contributed by atoms with Gasteiger partial charge in [0, 0.05) is 5.41 Å². The van der Waals surface area contributed by atoms with E-state index in [0.29, 0.717) is 0 Å². The molecule has 0 aliphatic heterocycles. The molecular formula is C9H12O2. The van der Waals surface area contributed by atoms with Crippen LogP contribution in [-0.2, 0) is 0 Å². The van der Waals surface area contributed by atoms with Crippen molar-refractivity contribution < 1.29 is 10.2 Å². The van der Waals surface area contributed by atoms with Gasteiger partial charge in [-0.2, -0.15) is 0 Å². The van der Waals surface area contributed by atoms with Gasteiger partial charge in [0.15, 0.2) is 11.5 Å². The quantitative estimate of drug-likeness (QED) is 0.559. The Kier molecular flexibility index (Phi) is 1.77. The van der Waals surface area contributed by atoms with Crippen molar-refractivity contribution in [1.82, 2.24) is 0 Å². The summed E-state index contributed by atoms with van der Waals surface area (Å²) in [6.45, 7) is 3.98. The molecule has 1 aliphatic carbocycles. The number of hydrogen-bond acceptors (Lipinski definition) is 2. The molecule has 1 aliphatic rings. The Balaban J connectivity index is 3.01. The maximum Gasteiger partial charge on any atom is 0.157 e. The lowest BCUT2D eigenvalue weighted by atomic mass is 9.93. The number of rotatable bonds is 0. The summed E-state index contributed by atoms with van der Waals surface area (Å²) in [4.78, 5) is 0. The van der Waals surface area contributed by atoms with Gasteiger partial charge in [0.25, 0.3) is 0 Å². The van der Waals surface area contributed by atoms with E-state index in [9.17, 15) is 0 Å². The lowest BCUT2D eigenvalue weighted by Gasteiger charge is -2.11. The molecule has 0 saturated heterocycles. The Labute approximate surface area is 66.2 Å². The zero-order chi connectivity index (χ0) is 8.48. The zero-order valence-electron chi connectivity index (χ0n) is 6.70. The van der Waals surface area contributed by atoms with E-state index in [1.807, 2.05) is 26.0 Å². The first-order chi connectivity index (χ1) is 5.01. The van der Waals surface area contributed by atoms with Crippen molar-refractivity contribution in [3.05, 3.63) is 35.8 Å². The second-order valence-corrected chi connectivity index (χ2v) is 3.26. The van der Waals surface area contributed by atoms with Crippen LogP contribution < -0.4 is 0 Å². The van der Waals surface area contributed by atoms with Crippen molar-refractivity contribution in [2.45, 2.75) is 13.8 Å². The van der Waals surface area contributed by atoms with E-state index in [4.69, 9.17) is 10.2 Å². The van der Waals surface area contributed by atoms with E-state index in [0.717, 1.165) is 0 Å². The maximum absolute atomic E-state index is 9.08. The molecule has 0 unspecified atom stereocenters. The van der Waals surface area contributed by atoms with E-state index in [1.165, 1.54) is 12.2 Å². The first kappa shape index (κ1) is 7.92. The standard InChI is InChI=1S/C9H12O2/c1-9(2)5-3-7(10)8(11)4-6-9/h3-6,10-11H,1-2H3.